The normalized spacial score (nSPS) is 9.89. The number of nitrogens with zero attached hydrogens (tertiary/aromatic N) is 2. The van der Waals surface area contributed by atoms with Crippen molar-refractivity contribution < 1.29 is 13.7 Å². The van der Waals surface area contributed by atoms with E-state index >= 15 is 0 Å². The quantitative estimate of drug-likeness (QED) is 0.864. The van der Waals surface area contributed by atoms with Gasteiger partial charge in [-0.3, -0.25) is 4.79 Å². The molecule has 0 aliphatic carbocycles. The van der Waals surface area contributed by atoms with Gasteiger partial charge in [0.05, 0.1) is 12.2 Å². The number of nitriles is 1. The van der Waals surface area contributed by atoms with Crippen molar-refractivity contribution in [2.75, 3.05) is 5.32 Å². The minimum atomic E-state index is -0.696. The predicted octanol–water partition coefficient (Wildman–Crippen LogP) is 1.40. The minimum Gasteiger partial charge on any atom is -0.377 e. The van der Waals surface area contributed by atoms with E-state index < -0.39 is 11.7 Å². The molecule has 2 aromatic rings. The molecule has 0 bridgehead atoms. The third kappa shape index (κ3) is 2.69. The smallest absolute Gasteiger partial charge is 0.270 e. The van der Waals surface area contributed by atoms with Gasteiger partial charge in [-0.05, 0) is 12.1 Å². The highest BCUT2D eigenvalue weighted by atomic mass is 19.1. The lowest BCUT2D eigenvalue weighted by atomic mass is 10.2. The average molecular weight is 260 g/mol. The van der Waals surface area contributed by atoms with Crippen LogP contribution in [0.25, 0.3) is 0 Å². The van der Waals surface area contributed by atoms with E-state index in [2.05, 4.69) is 10.5 Å². The third-order valence-electron chi connectivity index (χ3n) is 2.39. The van der Waals surface area contributed by atoms with Crippen LogP contribution in [0.2, 0.25) is 0 Å². The van der Waals surface area contributed by atoms with Crippen LogP contribution in [0.1, 0.15) is 21.8 Å². The first-order valence-corrected chi connectivity index (χ1v) is 5.29. The molecule has 1 heterocycles. The molecule has 0 saturated heterocycles. The number of hydrogen-bond acceptors (Lipinski definition) is 5. The Morgan fingerprint density at radius 2 is 2.37 bits per heavy atom. The molecule has 0 aliphatic heterocycles. The predicted molar refractivity (Wildman–Crippen MR) is 63.5 cm³/mol. The highest BCUT2D eigenvalue weighted by Gasteiger charge is 2.11. The number of halogens is 1. The van der Waals surface area contributed by atoms with Crippen LogP contribution in [0.4, 0.5) is 10.1 Å². The number of nitrogens with two attached hydrogens (primary N) is 1. The molecule has 1 aromatic heterocycles. The van der Waals surface area contributed by atoms with Crippen LogP contribution in [-0.2, 0) is 6.54 Å². The summed E-state index contributed by atoms with van der Waals surface area (Å²) in [6.45, 7) is 0.151. The number of primary amides is 1. The van der Waals surface area contributed by atoms with E-state index in [0.717, 1.165) is 0 Å². The molecule has 0 aliphatic rings. The van der Waals surface area contributed by atoms with Gasteiger partial charge in [-0.25, -0.2) is 4.39 Å². The van der Waals surface area contributed by atoms with Crippen molar-refractivity contribution in [2.24, 2.45) is 5.73 Å². The van der Waals surface area contributed by atoms with Crippen molar-refractivity contribution in [3.8, 4) is 6.07 Å². The molecule has 1 amide bonds. The van der Waals surface area contributed by atoms with Crippen LogP contribution in [0.3, 0.4) is 0 Å². The molecular formula is C12H9FN4O2. The highest BCUT2D eigenvalue weighted by molar-refractivity contribution is 5.90. The van der Waals surface area contributed by atoms with Gasteiger partial charge >= 0.3 is 0 Å². The molecule has 0 fully saturated rings. The fraction of sp³-hybridized carbons (Fsp3) is 0.0833. The number of carbonyl (C=O) groups excluding carboxylic acids is 1. The van der Waals surface area contributed by atoms with E-state index in [9.17, 15) is 9.18 Å². The van der Waals surface area contributed by atoms with Crippen LogP contribution in [0, 0.1) is 17.1 Å². The fourth-order valence-electron chi connectivity index (χ4n) is 1.48. The Bertz CT molecular complexity index is 660. The monoisotopic (exact) mass is 260 g/mol. The summed E-state index contributed by atoms with van der Waals surface area (Å²) in [6, 6.07) is 7.38. The van der Waals surface area contributed by atoms with Crippen LogP contribution >= 0.6 is 0 Å². The van der Waals surface area contributed by atoms with E-state index in [0.29, 0.717) is 11.4 Å². The van der Waals surface area contributed by atoms with Crippen molar-refractivity contribution in [1.82, 2.24) is 5.16 Å². The maximum atomic E-state index is 13.3. The second-order valence-electron chi connectivity index (χ2n) is 3.67. The molecule has 2 rings (SSSR count). The lowest BCUT2D eigenvalue weighted by molar-refractivity contribution is 0.0991. The first-order chi connectivity index (χ1) is 9.11. The van der Waals surface area contributed by atoms with Crippen LogP contribution < -0.4 is 11.1 Å². The Kier molecular flexibility index (Phi) is 3.43. The number of benzene rings is 1. The second kappa shape index (κ2) is 5.18. The Hall–Kier alpha value is -2.88. The molecule has 0 saturated carbocycles. The van der Waals surface area contributed by atoms with Crippen LogP contribution in [0.5, 0.6) is 0 Å². The molecule has 3 N–H and O–H groups in total. The summed E-state index contributed by atoms with van der Waals surface area (Å²) < 4.78 is 18.2. The van der Waals surface area contributed by atoms with Gasteiger partial charge in [0.2, 0.25) is 0 Å². The summed E-state index contributed by atoms with van der Waals surface area (Å²) in [5.74, 6) is -0.955. The maximum absolute atomic E-state index is 13.3. The van der Waals surface area contributed by atoms with Gasteiger partial charge in [-0.15, -0.1) is 0 Å². The topological polar surface area (TPSA) is 105 Å². The Morgan fingerprint density at radius 3 is 3.00 bits per heavy atom. The standard InChI is InChI=1S/C12H9FN4O2/c13-9-2-1-3-10(8(9)5-14)16-6-7-4-11(12(15)18)17-19-7/h1-4,16H,6H2,(H2,15,18). The lowest BCUT2D eigenvalue weighted by Crippen LogP contribution is -2.10. The molecule has 6 nitrogen and oxygen atoms in total. The number of carbonyl (C=O) groups is 1. The van der Waals surface area contributed by atoms with E-state index in [1.807, 2.05) is 0 Å². The molecule has 0 spiro atoms. The summed E-state index contributed by atoms with van der Waals surface area (Å²) in [5.41, 5.74) is 5.28. The van der Waals surface area contributed by atoms with Gasteiger partial charge < -0.3 is 15.6 Å². The summed E-state index contributed by atoms with van der Waals surface area (Å²) in [5, 5.41) is 15.1. The second-order valence-corrected chi connectivity index (χ2v) is 3.67. The fourth-order valence-corrected chi connectivity index (χ4v) is 1.48. The average Bonchev–Trinajstić information content (AvgIpc) is 2.85. The zero-order valence-corrected chi connectivity index (χ0v) is 9.68. The molecule has 19 heavy (non-hydrogen) atoms. The zero-order valence-electron chi connectivity index (χ0n) is 9.68. The number of amides is 1. The molecular weight excluding hydrogens is 251 g/mol. The van der Waals surface area contributed by atoms with Crippen molar-refractivity contribution >= 4 is 11.6 Å². The van der Waals surface area contributed by atoms with Crippen LogP contribution in [0.15, 0.2) is 28.8 Å². The maximum Gasteiger partial charge on any atom is 0.270 e. The Morgan fingerprint density at radius 1 is 1.58 bits per heavy atom. The number of aromatic nitrogens is 1. The van der Waals surface area contributed by atoms with Crippen LogP contribution in [-0.4, -0.2) is 11.1 Å². The lowest BCUT2D eigenvalue weighted by Gasteiger charge is -2.06. The van der Waals surface area contributed by atoms with Gasteiger partial charge in [-0.2, -0.15) is 5.26 Å². The molecule has 0 radical (unpaired) electrons. The minimum absolute atomic E-state index is 0.0107. The van der Waals surface area contributed by atoms with Gasteiger partial charge in [0, 0.05) is 6.07 Å². The van der Waals surface area contributed by atoms with E-state index in [1.165, 1.54) is 18.2 Å². The Balaban J connectivity index is 2.12. The number of hydrogen-bond donors (Lipinski definition) is 2. The van der Waals surface area contributed by atoms with Gasteiger partial charge in [-0.1, -0.05) is 11.2 Å². The summed E-state index contributed by atoms with van der Waals surface area (Å²) >= 11 is 0. The molecule has 1 aromatic carbocycles. The third-order valence-corrected chi connectivity index (χ3v) is 2.39. The summed E-state index contributed by atoms with van der Waals surface area (Å²) in [4.78, 5) is 10.8. The SMILES string of the molecule is N#Cc1c(F)cccc1NCc1cc(C(N)=O)no1. The number of anilines is 1. The van der Waals surface area contributed by atoms with Gasteiger partial charge in [0.15, 0.2) is 11.5 Å². The molecule has 0 atom stereocenters. The highest BCUT2D eigenvalue weighted by Crippen LogP contribution is 2.18. The summed E-state index contributed by atoms with van der Waals surface area (Å²) in [7, 11) is 0. The van der Waals surface area contributed by atoms with E-state index in [-0.39, 0.29) is 17.8 Å². The molecule has 7 heteroatoms. The van der Waals surface area contributed by atoms with Gasteiger partial charge in [0.1, 0.15) is 17.4 Å². The number of nitrogens with one attached hydrogen (secondary N) is 1. The van der Waals surface area contributed by atoms with E-state index in [4.69, 9.17) is 15.5 Å². The number of rotatable bonds is 4. The first kappa shape index (κ1) is 12.6. The first-order valence-electron chi connectivity index (χ1n) is 5.29. The largest absolute Gasteiger partial charge is 0.377 e. The van der Waals surface area contributed by atoms with Crippen molar-refractivity contribution in [1.29, 1.82) is 5.26 Å². The van der Waals surface area contributed by atoms with Gasteiger partial charge in [0.25, 0.3) is 5.91 Å². The zero-order chi connectivity index (χ0) is 13.8. The van der Waals surface area contributed by atoms with Crippen molar-refractivity contribution in [3.63, 3.8) is 0 Å². The van der Waals surface area contributed by atoms with E-state index in [1.54, 1.807) is 12.1 Å². The van der Waals surface area contributed by atoms with Crippen molar-refractivity contribution in [3.05, 3.63) is 47.1 Å². The summed E-state index contributed by atoms with van der Waals surface area (Å²) in [6.07, 6.45) is 0. The molecule has 96 valence electrons. The molecule has 0 unspecified atom stereocenters. The Labute approximate surface area is 107 Å². The van der Waals surface area contributed by atoms with Crippen molar-refractivity contribution in [2.45, 2.75) is 6.54 Å².